The van der Waals surface area contributed by atoms with Crippen molar-refractivity contribution in [3.63, 3.8) is 0 Å². The largest absolute Gasteiger partial charge is 0.431 e. The van der Waals surface area contributed by atoms with Crippen LogP contribution in [-0.4, -0.2) is 39.1 Å². The smallest absolute Gasteiger partial charge is 0.334 e. The van der Waals surface area contributed by atoms with Crippen LogP contribution in [0, 0.1) is 20.2 Å². The van der Waals surface area contributed by atoms with Crippen molar-refractivity contribution in [2.24, 2.45) is 5.16 Å². The number of nitro benzene ring substituents is 2. The minimum Gasteiger partial charge on any atom is -0.431 e. The molecule has 0 fully saturated rings. The number of rotatable bonds is 32. The first-order valence-electron chi connectivity index (χ1n) is 28.3. The molecule has 4 aromatic rings. The first-order valence-corrected chi connectivity index (χ1v) is 28.3. The third kappa shape index (κ3) is 13.0. The van der Waals surface area contributed by atoms with Crippen molar-refractivity contribution in [3.05, 3.63) is 138 Å². The lowest BCUT2D eigenvalue weighted by Crippen LogP contribution is -2.26. The number of Topliss-reactive ketones (excluding diaryl/α,β-unsaturated/α-hetero) is 2. The Hall–Kier alpha value is -6.63. The summed E-state index contributed by atoms with van der Waals surface area (Å²) in [5, 5.41) is 28.2. The van der Waals surface area contributed by atoms with Crippen LogP contribution in [0.2, 0.25) is 0 Å². The number of carbonyl (C=O) groups excluding carboxylic acids is 4. The lowest BCUT2D eigenvalue weighted by Gasteiger charge is -2.32. The van der Waals surface area contributed by atoms with Gasteiger partial charge in [0.2, 0.25) is 5.78 Å². The number of hydrogen-bond donors (Lipinski definition) is 0. The summed E-state index contributed by atoms with van der Waals surface area (Å²) in [4.78, 5) is 83.0. The highest BCUT2D eigenvalue weighted by molar-refractivity contribution is 6.46. The van der Waals surface area contributed by atoms with Crippen molar-refractivity contribution in [3.8, 4) is 22.3 Å². The van der Waals surface area contributed by atoms with E-state index in [0.29, 0.717) is 54.6 Å². The van der Waals surface area contributed by atoms with E-state index >= 15 is 0 Å². The summed E-state index contributed by atoms with van der Waals surface area (Å²) < 4.78 is 5.86. The lowest BCUT2D eigenvalue weighted by molar-refractivity contribution is -0.385. The van der Waals surface area contributed by atoms with Gasteiger partial charge in [-0.25, -0.2) is 4.79 Å². The average Bonchev–Trinajstić information content (AvgIpc) is 3.96. The second-order valence-corrected chi connectivity index (χ2v) is 20.8. The van der Waals surface area contributed by atoms with E-state index < -0.39 is 22.8 Å². The first-order chi connectivity index (χ1) is 36.7. The van der Waals surface area contributed by atoms with Crippen LogP contribution >= 0.6 is 0 Å². The van der Waals surface area contributed by atoms with Gasteiger partial charge in [0.25, 0.3) is 11.4 Å². The van der Waals surface area contributed by atoms with Crippen molar-refractivity contribution in [2.75, 3.05) is 0 Å². The van der Waals surface area contributed by atoms with Crippen molar-refractivity contribution < 1.29 is 38.6 Å². The number of unbranched alkanes of at least 4 members (excludes halogenated alkanes) is 9. The highest BCUT2D eigenvalue weighted by atomic mass is 16.7. The van der Waals surface area contributed by atoms with Gasteiger partial charge >= 0.3 is 11.9 Å². The van der Waals surface area contributed by atoms with Crippen molar-refractivity contribution in [1.82, 2.24) is 0 Å². The molecule has 0 aliphatic heterocycles. The fourth-order valence-electron chi connectivity index (χ4n) is 11.7. The number of hydrogen-bond acceptors (Lipinski definition) is 11. The highest BCUT2D eigenvalue weighted by Gasteiger charge is 2.45. The minimum atomic E-state index is -0.542. The Kier molecular flexibility index (Phi) is 21.2. The predicted molar refractivity (Wildman–Crippen MR) is 300 cm³/mol. The first kappa shape index (κ1) is 58.6. The number of nitrogens with zero attached hydrogens (tertiary/aromatic N) is 3. The molecule has 0 unspecified atom stereocenters. The number of carbonyl (C=O) groups is 4. The van der Waals surface area contributed by atoms with E-state index in [4.69, 9.17) is 9.57 Å². The third-order valence-corrected chi connectivity index (χ3v) is 15.8. The molecule has 0 spiro atoms. The second kappa shape index (κ2) is 27.4. The van der Waals surface area contributed by atoms with Gasteiger partial charge in [-0.3, -0.25) is 34.6 Å². The van der Waals surface area contributed by atoms with Crippen LogP contribution in [0.5, 0.6) is 0 Å². The van der Waals surface area contributed by atoms with Crippen LogP contribution in [-0.2, 0) is 30.0 Å². The predicted octanol–water partition coefficient (Wildman–Crippen LogP) is 16.9. The molecule has 0 aromatic heterocycles. The molecule has 0 atom stereocenters. The summed E-state index contributed by atoms with van der Waals surface area (Å²) in [5.41, 5.74) is 8.52. The molecule has 0 saturated carbocycles. The molecule has 0 heterocycles. The summed E-state index contributed by atoms with van der Waals surface area (Å²) in [6.07, 6.45) is 16.6. The Bertz CT molecular complexity index is 2830. The van der Waals surface area contributed by atoms with Gasteiger partial charge in [-0.1, -0.05) is 155 Å². The quantitative estimate of drug-likeness (QED) is 0.00524. The van der Waals surface area contributed by atoms with Gasteiger partial charge in [-0.2, -0.15) is 0 Å². The number of benzene rings is 4. The topological polar surface area (TPSA) is 185 Å². The van der Waals surface area contributed by atoms with Gasteiger partial charge in [0.15, 0.2) is 5.78 Å². The van der Waals surface area contributed by atoms with Crippen LogP contribution in [0.3, 0.4) is 0 Å². The van der Waals surface area contributed by atoms with E-state index in [2.05, 4.69) is 32.9 Å². The third-order valence-electron chi connectivity index (χ3n) is 15.8. The maximum atomic E-state index is 14.8. The van der Waals surface area contributed by atoms with E-state index in [9.17, 15) is 39.4 Å². The molecule has 0 radical (unpaired) electrons. The second-order valence-electron chi connectivity index (χ2n) is 20.8. The Labute approximate surface area is 449 Å². The van der Waals surface area contributed by atoms with Gasteiger partial charge in [0, 0.05) is 71.1 Å². The van der Waals surface area contributed by atoms with Gasteiger partial charge in [0.05, 0.1) is 9.85 Å². The monoisotopic (exact) mass is 1040 g/mol. The standard InChI is InChI=1S/C63H79N3O10/c1-8-15-35-62(36-16-9-2)52-39-43(27-31-47(52)49-33-29-45(65(71)72)41-54(49)62)60(69)51(57(12-5)75-58(67)13-6)25-23-21-19-20-22-24-26-56(64-76-59(68)14-7)61(70)44-28-32-48-50-34-30-46(66(73)74)42-55(50)63(37-17-10-3,38-18-11-4)53(48)40-44/h27-34,39-42H,8-26,35-38H2,1-7H3/b57-51?,64-56+. The van der Waals surface area contributed by atoms with Gasteiger partial charge in [-0.15, -0.1) is 0 Å². The number of oxime groups is 1. The summed E-state index contributed by atoms with van der Waals surface area (Å²) in [6.45, 7) is 13.8. The van der Waals surface area contributed by atoms with E-state index in [-0.39, 0.29) is 51.3 Å². The molecule has 406 valence electrons. The lowest BCUT2D eigenvalue weighted by atomic mass is 9.70. The molecule has 2 aliphatic carbocycles. The summed E-state index contributed by atoms with van der Waals surface area (Å²) in [6, 6.07) is 21.8. The molecule has 13 nitrogen and oxygen atoms in total. The highest BCUT2D eigenvalue weighted by Crippen LogP contribution is 2.57. The molecule has 6 rings (SSSR count). The number of esters is 1. The number of nitro groups is 2. The number of fused-ring (bicyclic) bond motifs is 6. The Morgan fingerprint density at radius 2 is 0.868 bits per heavy atom. The molecule has 76 heavy (non-hydrogen) atoms. The molecule has 2 aliphatic rings. The molecular formula is C63H79N3O10. The van der Waals surface area contributed by atoms with Gasteiger partial charge in [-0.05, 0) is 120 Å². The van der Waals surface area contributed by atoms with Crippen LogP contribution < -0.4 is 0 Å². The molecule has 0 saturated heterocycles. The molecule has 13 heteroatoms. The van der Waals surface area contributed by atoms with Crippen LogP contribution in [0.1, 0.15) is 239 Å². The maximum Gasteiger partial charge on any atom is 0.334 e. The fourth-order valence-corrected chi connectivity index (χ4v) is 11.7. The van der Waals surface area contributed by atoms with Gasteiger partial charge in [0.1, 0.15) is 11.5 Å². The minimum absolute atomic E-state index is 0.0496. The molecule has 0 amide bonds. The molecule has 0 N–H and O–H groups in total. The molecule has 4 aromatic carbocycles. The van der Waals surface area contributed by atoms with Crippen LogP contribution in [0.4, 0.5) is 11.4 Å². The van der Waals surface area contributed by atoms with Gasteiger partial charge < -0.3 is 9.57 Å². The zero-order valence-corrected chi connectivity index (χ0v) is 46.1. The number of allylic oxidation sites excluding steroid dienone is 2. The normalized spacial score (nSPS) is 14.0. The van der Waals surface area contributed by atoms with Crippen molar-refractivity contribution in [1.29, 1.82) is 0 Å². The molecular weight excluding hydrogens is 959 g/mol. The van der Waals surface area contributed by atoms with Crippen LogP contribution in [0.15, 0.2) is 89.3 Å². The Morgan fingerprint density at radius 1 is 0.474 bits per heavy atom. The molecule has 0 bridgehead atoms. The Morgan fingerprint density at radius 3 is 1.28 bits per heavy atom. The number of non-ortho nitro benzene ring substituents is 2. The van der Waals surface area contributed by atoms with Crippen molar-refractivity contribution in [2.45, 2.75) is 207 Å². The van der Waals surface area contributed by atoms with E-state index in [0.717, 1.165) is 147 Å². The zero-order valence-electron chi connectivity index (χ0n) is 46.1. The Balaban J connectivity index is 1.17. The zero-order chi connectivity index (χ0) is 55.0. The average molecular weight is 1040 g/mol. The van der Waals surface area contributed by atoms with E-state index in [1.54, 1.807) is 44.2 Å². The number of ether oxygens (including phenoxy) is 1. The summed E-state index contributed by atoms with van der Waals surface area (Å²) >= 11 is 0. The fraction of sp³-hybridized carbons (Fsp3) is 0.508. The van der Waals surface area contributed by atoms with E-state index in [1.807, 2.05) is 49.4 Å². The van der Waals surface area contributed by atoms with Crippen LogP contribution in [0.25, 0.3) is 22.3 Å². The summed E-state index contributed by atoms with van der Waals surface area (Å²) in [5.74, 6) is -1.07. The number of ketones is 2. The SMILES string of the molecule is CCCCC1(CCCC)c2cc(C(=O)C(CCCCCCCC/C(=N\OC(=O)CC)C(=O)c3ccc4c(c3)C(CCCC)(CCCC)c3cc([N+](=O)[O-])ccc3-4)=C(CC)OC(=O)CC)ccc2-c2ccc([N+](=O)[O-])cc21. The summed E-state index contributed by atoms with van der Waals surface area (Å²) in [7, 11) is 0. The van der Waals surface area contributed by atoms with E-state index in [1.165, 1.54) is 0 Å². The van der Waals surface area contributed by atoms with Crippen molar-refractivity contribution >= 4 is 40.6 Å². The maximum absolute atomic E-state index is 14.8.